The van der Waals surface area contributed by atoms with Gasteiger partial charge in [0.2, 0.25) is 10.0 Å². The number of piperazine rings is 1. The summed E-state index contributed by atoms with van der Waals surface area (Å²) in [6.07, 6.45) is 0. The van der Waals surface area contributed by atoms with E-state index < -0.39 is 10.0 Å². The maximum absolute atomic E-state index is 12.2. The van der Waals surface area contributed by atoms with E-state index in [1.807, 2.05) is 18.2 Å². The molecule has 1 aliphatic heterocycles. The molecule has 1 aliphatic rings. The predicted octanol–water partition coefficient (Wildman–Crippen LogP) is -0.322. The molecule has 7 nitrogen and oxygen atoms in total. The standard InChI is InChI=1S/C18H22N4O3S/c19-26(24,25)17-8-6-15(7-9-17)20-18(23)14-21-10-12-22(13-11-21)16-4-2-1-3-5-16/h1-9H,10-14H2,(H,20,23)(H2,19,24,25)/p+1. The van der Waals surface area contributed by atoms with Crippen molar-refractivity contribution in [3.63, 3.8) is 0 Å². The van der Waals surface area contributed by atoms with Crippen LogP contribution in [0.2, 0.25) is 0 Å². The number of primary sulfonamides is 1. The number of nitrogens with zero attached hydrogens (tertiary/aromatic N) is 1. The summed E-state index contributed by atoms with van der Waals surface area (Å²) in [4.78, 5) is 15.8. The SMILES string of the molecule is NS(=O)(=O)c1ccc(NC(=O)C[NH+]2CCN(c3ccccc3)CC2)cc1. The molecule has 1 fully saturated rings. The number of benzene rings is 2. The van der Waals surface area contributed by atoms with E-state index in [4.69, 9.17) is 5.14 Å². The van der Waals surface area contributed by atoms with Crippen LogP contribution in [0, 0.1) is 0 Å². The molecule has 2 aromatic rings. The number of rotatable bonds is 5. The van der Waals surface area contributed by atoms with Gasteiger partial charge in [0, 0.05) is 11.4 Å². The number of anilines is 2. The highest BCUT2D eigenvalue weighted by Gasteiger charge is 2.22. The van der Waals surface area contributed by atoms with Gasteiger partial charge >= 0.3 is 0 Å². The average Bonchev–Trinajstić information content (AvgIpc) is 2.63. The zero-order valence-corrected chi connectivity index (χ0v) is 15.2. The number of carbonyl (C=O) groups excluding carboxylic acids is 1. The molecule has 0 bridgehead atoms. The minimum absolute atomic E-state index is 0.0261. The molecule has 0 aliphatic carbocycles. The number of nitrogens with one attached hydrogen (secondary N) is 2. The fourth-order valence-corrected chi connectivity index (χ4v) is 3.57. The Labute approximate surface area is 153 Å². The molecule has 0 unspecified atom stereocenters. The van der Waals surface area contributed by atoms with Crippen LogP contribution in [0.1, 0.15) is 0 Å². The van der Waals surface area contributed by atoms with Crippen molar-refractivity contribution in [1.29, 1.82) is 0 Å². The quantitative estimate of drug-likeness (QED) is 0.667. The summed E-state index contributed by atoms with van der Waals surface area (Å²) in [5.74, 6) is -0.0866. The molecule has 1 saturated heterocycles. The molecule has 3 rings (SSSR count). The monoisotopic (exact) mass is 375 g/mol. The van der Waals surface area contributed by atoms with Crippen molar-refractivity contribution in [3.05, 3.63) is 54.6 Å². The fourth-order valence-electron chi connectivity index (χ4n) is 3.06. The highest BCUT2D eigenvalue weighted by Crippen LogP contribution is 2.13. The molecule has 8 heteroatoms. The van der Waals surface area contributed by atoms with Crippen LogP contribution in [0.25, 0.3) is 0 Å². The third kappa shape index (κ3) is 4.81. The first-order valence-corrected chi connectivity index (χ1v) is 10.0. The van der Waals surface area contributed by atoms with Gasteiger partial charge in [0.25, 0.3) is 5.91 Å². The minimum Gasteiger partial charge on any atom is -0.360 e. The Morgan fingerprint density at radius 3 is 2.23 bits per heavy atom. The molecule has 0 spiro atoms. The van der Waals surface area contributed by atoms with Gasteiger partial charge in [-0.2, -0.15) is 0 Å². The first kappa shape index (κ1) is 18.4. The number of sulfonamides is 1. The second-order valence-corrected chi connectivity index (χ2v) is 7.93. The number of hydrogen-bond acceptors (Lipinski definition) is 4. The Morgan fingerprint density at radius 2 is 1.65 bits per heavy atom. The first-order chi connectivity index (χ1) is 12.4. The van der Waals surface area contributed by atoms with Crippen molar-refractivity contribution >= 4 is 27.3 Å². The van der Waals surface area contributed by atoms with Crippen molar-refractivity contribution in [2.45, 2.75) is 4.90 Å². The molecule has 0 saturated carbocycles. The van der Waals surface area contributed by atoms with E-state index in [1.165, 1.54) is 22.7 Å². The van der Waals surface area contributed by atoms with E-state index in [2.05, 4.69) is 22.3 Å². The average molecular weight is 375 g/mol. The van der Waals surface area contributed by atoms with Crippen LogP contribution < -0.4 is 20.3 Å². The lowest BCUT2D eigenvalue weighted by Gasteiger charge is -2.33. The molecule has 1 amide bonds. The van der Waals surface area contributed by atoms with Gasteiger partial charge in [-0.3, -0.25) is 4.79 Å². The molecular formula is C18H23N4O3S+. The predicted molar refractivity (Wildman–Crippen MR) is 101 cm³/mol. The zero-order valence-electron chi connectivity index (χ0n) is 14.4. The smallest absolute Gasteiger partial charge is 0.279 e. The molecule has 0 atom stereocenters. The number of carbonyl (C=O) groups is 1. The summed E-state index contributed by atoms with van der Waals surface area (Å²) in [5.41, 5.74) is 1.77. The zero-order chi connectivity index (χ0) is 18.6. The Kier molecular flexibility index (Phi) is 5.55. The number of quaternary nitrogens is 1. The second-order valence-electron chi connectivity index (χ2n) is 6.37. The largest absolute Gasteiger partial charge is 0.360 e. The van der Waals surface area contributed by atoms with Crippen molar-refractivity contribution < 1.29 is 18.1 Å². The highest BCUT2D eigenvalue weighted by molar-refractivity contribution is 7.89. The van der Waals surface area contributed by atoms with Gasteiger partial charge in [-0.15, -0.1) is 0 Å². The lowest BCUT2D eigenvalue weighted by molar-refractivity contribution is -0.892. The summed E-state index contributed by atoms with van der Waals surface area (Å²) in [5, 5.41) is 7.86. The molecule has 0 radical (unpaired) electrons. The molecule has 2 aromatic carbocycles. The van der Waals surface area contributed by atoms with E-state index in [9.17, 15) is 13.2 Å². The van der Waals surface area contributed by atoms with Gasteiger partial charge < -0.3 is 15.1 Å². The van der Waals surface area contributed by atoms with Gasteiger partial charge in [0.05, 0.1) is 31.1 Å². The number of para-hydroxylation sites is 1. The summed E-state index contributed by atoms with van der Waals surface area (Å²) >= 11 is 0. The van der Waals surface area contributed by atoms with Crippen molar-refractivity contribution in [2.24, 2.45) is 5.14 Å². The highest BCUT2D eigenvalue weighted by atomic mass is 32.2. The van der Waals surface area contributed by atoms with E-state index in [0.717, 1.165) is 26.2 Å². The molecule has 4 N–H and O–H groups in total. The Bertz CT molecular complexity index is 846. The first-order valence-electron chi connectivity index (χ1n) is 8.48. The third-order valence-corrected chi connectivity index (χ3v) is 5.40. The molecule has 1 heterocycles. The third-order valence-electron chi connectivity index (χ3n) is 4.47. The van der Waals surface area contributed by atoms with Crippen LogP contribution in [0.5, 0.6) is 0 Å². The van der Waals surface area contributed by atoms with Crippen molar-refractivity contribution in [1.82, 2.24) is 0 Å². The molecule has 0 aromatic heterocycles. The van der Waals surface area contributed by atoms with Crippen molar-refractivity contribution in [3.8, 4) is 0 Å². The van der Waals surface area contributed by atoms with Gasteiger partial charge in [-0.25, -0.2) is 13.6 Å². The molecule has 26 heavy (non-hydrogen) atoms. The fraction of sp³-hybridized carbons (Fsp3) is 0.278. The summed E-state index contributed by atoms with van der Waals surface area (Å²) in [6, 6.07) is 16.1. The van der Waals surface area contributed by atoms with Gasteiger partial charge in [0.15, 0.2) is 6.54 Å². The lowest BCUT2D eigenvalue weighted by atomic mass is 10.2. The van der Waals surface area contributed by atoms with E-state index >= 15 is 0 Å². The Hall–Kier alpha value is -2.42. The second kappa shape index (κ2) is 7.86. The van der Waals surface area contributed by atoms with Crippen LogP contribution in [0.3, 0.4) is 0 Å². The van der Waals surface area contributed by atoms with Gasteiger partial charge in [0.1, 0.15) is 0 Å². The van der Waals surface area contributed by atoms with Crippen molar-refractivity contribution in [2.75, 3.05) is 42.9 Å². The minimum atomic E-state index is -3.72. The molecular weight excluding hydrogens is 352 g/mol. The summed E-state index contributed by atoms with van der Waals surface area (Å²) in [6.45, 7) is 4.00. The number of amides is 1. The van der Waals surface area contributed by atoms with Crippen LogP contribution in [-0.4, -0.2) is 47.0 Å². The van der Waals surface area contributed by atoms with Gasteiger partial charge in [-0.05, 0) is 36.4 Å². The van der Waals surface area contributed by atoms with Crippen LogP contribution >= 0.6 is 0 Å². The Morgan fingerprint density at radius 1 is 1.04 bits per heavy atom. The van der Waals surface area contributed by atoms with Crippen LogP contribution in [-0.2, 0) is 14.8 Å². The number of hydrogen-bond donors (Lipinski definition) is 3. The number of nitrogens with two attached hydrogens (primary N) is 1. The maximum Gasteiger partial charge on any atom is 0.279 e. The summed E-state index contributed by atoms with van der Waals surface area (Å²) < 4.78 is 22.5. The van der Waals surface area contributed by atoms with Gasteiger partial charge in [-0.1, -0.05) is 18.2 Å². The summed E-state index contributed by atoms with van der Waals surface area (Å²) in [7, 11) is -3.72. The normalized spacial score (nSPS) is 15.7. The lowest BCUT2D eigenvalue weighted by Crippen LogP contribution is -3.15. The maximum atomic E-state index is 12.2. The van der Waals surface area contributed by atoms with E-state index in [1.54, 1.807) is 12.1 Å². The molecule has 138 valence electrons. The van der Waals surface area contributed by atoms with Crippen LogP contribution in [0.4, 0.5) is 11.4 Å². The van der Waals surface area contributed by atoms with Crippen LogP contribution in [0.15, 0.2) is 59.5 Å². The van der Waals surface area contributed by atoms with E-state index in [0.29, 0.717) is 12.2 Å². The Balaban J connectivity index is 1.49. The topological polar surface area (TPSA) is 96.9 Å². The van der Waals surface area contributed by atoms with E-state index in [-0.39, 0.29) is 10.8 Å².